The van der Waals surface area contributed by atoms with Crippen LogP contribution < -0.4 is 11.2 Å². The second-order valence-electron chi connectivity index (χ2n) is 7.51. The Morgan fingerprint density at radius 1 is 1.32 bits per heavy atom. The number of hydrogen-bond donors (Lipinski definition) is 2. The standard InChI is InChI=1S/C23H20ClN5O2/c1-13-5-2-6-14(11-13)19-16(12-25)22(26)29(17-8-3-9-18(30)20(17)19)28-23(31)15-7-4-10-27-21(15)24/h2,4-7,10-11,19H,3,8-9,26H2,1H3,(H,28,31). The van der Waals surface area contributed by atoms with Gasteiger partial charge in [0.15, 0.2) is 5.78 Å². The number of nitrogens with two attached hydrogens (primary N) is 1. The van der Waals surface area contributed by atoms with Gasteiger partial charge in [-0.05, 0) is 37.5 Å². The van der Waals surface area contributed by atoms with Gasteiger partial charge in [0.25, 0.3) is 5.91 Å². The minimum atomic E-state index is -0.567. The molecule has 0 saturated carbocycles. The Morgan fingerprint density at radius 2 is 2.13 bits per heavy atom. The lowest BCUT2D eigenvalue weighted by Crippen LogP contribution is -2.48. The number of Topliss-reactive ketones (excluding diaryl/α,β-unsaturated/α-hetero) is 1. The van der Waals surface area contributed by atoms with E-state index in [1.165, 1.54) is 17.3 Å². The lowest BCUT2D eigenvalue weighted by Gasteiger charge is -2.39. The zero-order valence-corrected chi connectivity index (χ0v) is 17.6. The van der Waals surface area contributed by atoms with Crippen LogP contribution >= 0.6 is 11.6 Å². The van der Waals surface area contributed by atoms with Gasteiger partial charge in [0.2, 0.25) is 0 Å². The number of hydrazine groups is 1. The van der Waals surface area contributed by atoms with Gasteiger partial charge in [0.05, 0.1) is 23.1 Å². The Labute approximate surface area is 184 Å². The predicted octanol–water partition coefficient (Wildman–Crippen LogP) is 3.49. The number of amides is 1. The Hall–Kier alpha value is -3.63. The van der Waals surface area contributed by atoms with Gasteiger partial charge < -0.3 is 5.73 Å². The van der Waals surface area contributed by atoms with Gasteiger partial charge in [-0.25, -0.2) is 9.99 Å². The molecule has 156 valence electrons. The van der Waals surface area contributed by atoms with Crippen LogP contribution in [0.2, 0.25) is 5.15 Å². The molecule has 1 aromatic carbocycles. The summed E-state index contributed by atoms with van der Waals surface area (Å²) in [6.07, 6.45) is 3.04. The fourth-order valence-corrected chi connectivity index (χ4v) is 4.32. The topological polar surface area (TPSA) is 112 Å². The number of pyridine rings is 1. The minimum absolute atomic E-state index is 0.0478. The smallest absolute Gasteiger partial charge is 0.273 e. The van der Waals surface area contributed by atoms with Crippen molar-refractivity contribution < 1.29 is 9.59 Å². The van der Waals surface area contributed by atoms with Crippen LogP contribution in [0.25, 0.3) is 0 Å². The van der Waals surface area contributed by atoms with Crippen LogP contribution in [0.15, 0.2) is 65.3 Å². The Morgan fingerprint density at radius 3 is 2.84 bits per heavy atom. The molecule has 1 aromatic heterocycles. The molecule has 2 aromatic rings. The van der Waals surface area contributed by atoms with Crippen LogP contribution in [0.1, 0.15) is 46.7 Å². The summed E-state index contributed by atoms with van der Waals surface area (Å²) < 4.78 is 0. The van der Waals surface area contributed by atoms with Crippen molar-refractivity contribution in [1.82, 2.24) is 15.4 Å². The van der Waals surface area contributed by atoms with E-state index in [4.69, 9.17) is 17.3 Å². The normalized spacial score (nSPS) is 18.5. The third-order valence-corrected chi connectivity index (χ3v) is 5.81. The average molecular weight is 434 g/mol. The van der Waals surface area contributed by atoms with Crippen molar-refractivity contribution in [3.8, 4) is 6.07 Å². The maximum Gasteiger partial charge on any atom is 0.273 e. The number of rotatable bonds is 3. The molecule has 0 spiro atoms. The fraction of sp³-hybridized carbons (Fsp3) is 0.217. The van der Waals surface area contributed by atoms with E-state index in [-0.39, 0.29) is 27.9 Å². The van der Waals surface area contributed by atoms with Crippen molar-refractivity contribution >= 4 is 23.3 Å². The molecular formula is C23H20ClN5O2. The largest absolute Gasteiger partial charge is 0.383 e. The number of ketones is 1. The van der Waals surface area contributed by atoms with E-state index in [0.29, 0.717) is 30.5 Å². The average Bonchev–Trinajstić information content (AvgIpc) is 2.75. The molecule has 1 unspecified atom stereocenters. The second kappa shape index (κ2) is 8.25. The first-order valence-electron chi connectivity index (χ1n) is 9.86. The Balaban J connectivity index is 1.83. The van der Waals surface area contributed by atoms with Gasteiger partial charge in [0.1, 0.15) is 11.0 Å². The lowest BCUT2D eigenvalue weighted by molar-refractivity contribution is -0.116. The first-order valence-corrected chi connectivity index (χ1v) is 10.2. The predicted molar refractivity (Wildman–Crippen MR) is 115 cm³/mol. The minimum Gasteiger partial charge on any atom is -0.383 e. The summed E-state index contributed by atoms with van der Waals surface area (Å²) >= 11 is 6.06. The quantitative estimate of drug-likeness (QED) is 0.716. The van der Waals surface area contributed by atoms with Crippen LogP contribution in [0.4, 0.5) is 0 Å². The molecule has 0 bridgehead atoms. The molecule has 2 heterocycles. The molecule has 3 N–H and O–H groups in total. The summed E-state index contributed by atoms with van der Waals surface area (Å²) in [6.45, 7) is 1.95. The van der Waals surface area contributed by atoms with Gasteiger partial charge in [0, 0.05) is 23.9 Å². The Kier molecular flexibility index (Phi) is 5.49. The molecule has 1 aliphatic heterocycles. The molecule has 0 fully saturated rings. The third-order valence-electron chi connectivity index (χ3n) is 5.51. The maximum atomic E-state index is 13.0. The second-order valence-corrected chi connectivity index (χ2v) is 7.87. The van der Waals surface area contributed by atoms with Gasteiger partial charge in [-0.1, -0.05) is 41.4 Å². The molecule has 7 nitrogen and oxygen atoms in total. The first-order chi connectivity index (χ1) is 14.9. The molecule has 1 atom stereocenters. The van der Waals surface area contributed by atoms with Gasteiger partial charge >= 0.3 is 0 Å². The van der Waals surface area contributed by atoms with Crippen molar-refractivity contribution in [2.75, 3.05) is 0 Å². The molecule has 4 rings (SSSR count). The molecule has 31 heavy (non-hydrogen) atoms. The SMILES string of the molecule is Cc1cccc(C2C(C#N)=C(N)N(NC(=O)c3cccnc3Cl)C3=C2C(=O)CCC3)c1. The number of aromatic nitrogens is 1. The number of benzene rings is 1. The third kappa shape index (κ3) is 3.66. The highest BCUT2D eigenvalue weighted by molar-refractivity contribution is 6.32. The van der Waals surface area contributed by atoms with Crippen molar-refractivity contribution in [2.45, 2.75) is 32.1 Å². The summed E-state index contributed by atoms with van der Waals surface area (Å²) in [5.74, 6) is -1.05. The maximum absolute atomic E-state index is 13.0. The zero-order valence-electron chi connectivity index (χ0n) is 16.9. The number of aryl methyl sites for hydroxylation is 1. The molecule has 1 aliphatic carbocycles. The van der Waals surface area contributed by atoms with E-state index in [0.717, 1.165) is 11.1 Å². The summed E-state index contributed by atoms with van der Waals surface area (Å²) in [4.78, 5) is 29.8. The van der Waals surface area contributed by atoms with E-state index in [1.54, 1.807) is 6.07 Å². The van der Waals surface area contributed by atoms with Crippen LogP contribution in [0.5, 0.6) is 0 Å². The lowest BCUT2D eigenvalue weighted by atomic mass is 9.76. The fourth-order valence-electron chi connectivity index (χ4n) is 4.11. The summed E-state index contributed by atoms with van der Waals surface area (Å²) in [6, 6.07) is 13.0. The van der Waals surface area contributed by atoms with Gasteiger partial charge in [-0.3, -0.25) is 15.0 Å². The van der Waals surface area contributed by atoms with E-state index < -0.39 is 11.8 Å². The highest BCUT2D eigenvalue weighted by Crippen LogP contribution is 2.44. The molecule has 8 heteroatoms. The zero-order chi connectivity index (χ0) is 22.1. The molecule has 1 amide bonds. The number of hydrogen-bond acceptors (Lipinski definition) is 6. The van der Waals surface area contributed by atoms with Crippen molar-refractivity contribution in [2.24, 2.45) is 5.73 Å². The molecular weight excluding hydrogens is 414 g/mol. The van der Waals surface area contributed by atoms with Crippen molar-refractivity contribution in [3.05, 3.63) is 87.1 Å². The van der Waals surface area contributed by atoms with E-state index in [1.807, 2.05) is 31.2 Å². The van der Waals surface area contributed by atoms with Gasteiger partial charge in [-0.2, -0.15) is 5.26 Å². The van der Waals surface area contributed by atoms with Crippen molar-refractivity contribution in [1.29, 1.82) is 5.26 Å². The summed E-state index contributed by atoms with van der Waals surface area (Å²) in [5.41, 5.74) is 12.4. The number of allylic oxidation sites excluding steroid dienone is 3. The molecule has 2 aliphatic rings. The van der Waals surface area contributed by atoms with Crippen molar-refractivity contribution in [3.63, 3.8) is 0 Å². The van der Waals surface area contributed by atoms with Crippen LogP contribution in [0.3, 0.4) is 0 Å². The van der Waals surface area contributed by atoms with E-state index in [9.17, 15) is 14.9 Å². The van der Waals surface area contributed by atoms with E-state index >= 15 is 0 Å². The first kappa shape index (κ1) is 20.6. The van der Waals surface area contributed by atoms with E-state index in [2.05, 4.69) is 16.5 Å². The Bertz CT molecular complexity index is 1190. The number of nitriles is 1. The van der Waals surface area contributed by atoms with Crippen LogP contribution in [-0.4, -0.2) is 21.7 Å². The summed E-state index contributed by atoms with van der Waals surface area (Å²) in [5, 5.41) is 11.4. The monoisotopic (exact) mass is 433 g/mol. The molecule has 0 radical (unpaired) electrons. The van der Waals surface area contributed by atoms with Gasteiger partial charge in [-0.15, -0.1) is 0 Å². The highest BCUT2D eigenvalue weighted by atomic mass is 35.5. The number of halogens is 1. The molecule has 0 saturated heterocycles. The van der Waals surface area contributed by atoms with Crippen LogP contribution in [-0.2, 0) is 4.79 Å². The highest BCUT2D eigenvalue weighted by Gasteiger charge is 2.40. The summed E-state index contributed by atoms with van der Waals surface area (Å²) in [7, 11) is 0. The van der Waals surface area contributed by atoms with Crippen LogP contribution in [0, 0.1) is 18.3 Å². The number of carbonyl (C=O) groups excluding carboxylic acids is 2. The number of nitrogens with zero attached hydrogens (tertiary/aromatic N) is 3. The number of nitrogens with one attached hydrogen (secondary N) is 1. The number of carbonyl (C=O) groups is 2.